The average molecular weight is 348 g/mol. The fourth-order valence-corrected chi connectivity index (χ4v) is 3.47. The molecule has 1 N–H and O–H groups in total. The number of nitrogens with zero attached hydrogens (tertiary/aromatic N) is 1. The van der Waals surface area contributed by atoms with Crippen LogP contribution >= 0.6 is 12.6 Å². The average Bonchev–Trinajstić information content (AvgIpc) is 2.46. The zero-order valence-electron chi connectivity index (χ0n) is 12.9. The van der Waals surface area contributed by atoms with E-state index in [9.17, 15) is 12.3 Å². The summed E-state index contributed by atoms with van der Waals surface area (Å²) >= 11 is 4.44. The maximum Gasteiger partial charge on any atom is 0.488 e. The molecule has 0 amide bonds. The van der Waals surface area contributed by atoms with Crippen molar-refractivity contribution in [2.24, 2.45) is 0 Å². The van der Waals surface area contributed by atoms with Gasteiger partial charge in [-0.2, -0.15) is 8.42 Å². The SMILES string of the molecule is Cc1c(S)c(C)c(OS(=O)(=O)F)c(C)c1CN1CCNCC1. The van der Waals surface area contributed by atoms with Crippen molar-refractivity contribution in [1.29, 1.82) is 0 Å². The van der Waals surface area contributed by atoms with E-state index in [2.05, 4.69) is 27.0 Å². The van der Waals surface area contributed by atoms with E-state index >= 15 is 0 Å². The van der Waals surface area contributed by atoms with Gasteiger partial charge in [-0.3, -0.25) is 4.90 Å². The minimum atomic E-state index is -5.06. The van der Waals surface area contributed by atoms with Crippen LogP contribution in [0.1, 0.15) is 22.3 Å². The van der Waals surface area contributed by atoms with Crippen LogP contribution < -0.4 is 9.50 Å². The second-order valence-electron chi connectivity index (χ2n) is 5.53. The van der Waals surface area contributed by atoms with Gasteiger partial charge in [0.25, 0.3) is 0 Å². The van der Waals surface area contributed by atoms with E-state index in [4.69, 9.17) is 0 Å². The first-order valence-electron chi connectivity index (χ1n) is 7.09. The molecule has 5 nitrogen and oxygen atoms in total. The van der Waals surface area contributed by atoms with Crippen LogP contribution in [0.15, 0.2) is 4.90 Å². The van der Waals surface area contributed by atoms with Crippen LogP contribution in [0.3, 0.4) is 0 Å². The fraction of sp³-hybridized carbons (Fsp3) is 0.571. The van der Waals surface area contributed by atoms with Crippen molar-refractivity contribution in [2.75, 3.05) is 26.2 Å². The van der Waals surface area contributed by atoms with Gasteiger partial charge in [-0.15, -0.1) is 12.6 Å². The largest absolute Gasteiger partial charge is 0.488 e. The number of piperazine rings is 1. The van der Waals surface area contributed by atoms with E-state index in [0.717, 1.165) is 37.3 Å². The third-order valence-corrected chi connectivity index (χ3v) is 5.11. The second kappa shape index (κ2) is 6.74. The Morgan fingerprint density at radius 1 is 1.18 bits per heavy atom. The van der Waals surface area contributed by atoms with E-state index in [1.165, 1.54) is 0 Å². The molecule has 0 bridgehead atoms. The number of benzene rings is 1. The lowest BCUT2D eigenvalue weighted by atomic mass is 9.97. The molecule has 0 saturated carbocycles. The zero-order chi connectivity index (χ0) is 16.5. The highest BCUT2D eigenvalue weighted by Gasteiger charge is 2.22. The molecule has 0 spiro atoms. The van der Waals surface area contributed by atoms with Crippen molar-refractivity contribution in [3.05, 3.63) is 22.3 Å². The van der Waals surface area contributed by atoms with Gasteiger partial charge in [-0.05, 0) is 37.5 Å². The van der Waals surface area contributed by atoms with Crippen molar-refractivity contribution in [3.8, 4) is 5.75 Å². The first kappa shape index (κ1) is 17.5. The summed E-state index contributed by atoms with van der Waals surface area (Å²) in [4.78, 5) is 2.90. The molecule has 0 aromatic heterocycles. The summed E-state index contributed by atoms with van der Waals surface area (Å²) in [5, 5.41) is 3.28. The van der Waals surface area contributed by atoms with Gasteiger partial charge < -0.3 is 9.50 Å². The van der Waals surface area contributed by atoms with E-state index in [1.807, 2.05) is 6.92 Å². The van der Waals surface area contributed by atoms with Crippen LogP contribution in [0.25, 0.3) is 0 Å². The smallest absolute Gasteiger partial charge is 0.358 e. The Morgan fingerprint density at radius 3 is 2.32 bits per heavy atom. The third kappa shape index (κ3) is 3.92. The number of hydrogen-bond acceptors (Lipinski definition) is 6. The molecule has 1 aliphatic rings. The molecular formula is C14H21FN2O3S2. The van der Waals surface area contributed by atoms with Crippen LogP contribution in [0.4, 0.5) is 3.89 Å². The molecule has 8 heteroatoms. The summed E-state index contributed by atoms with van der Waals surface area (Å²) < 4.78 is 39.3. The Hall–Kier alpha value is -0.830. The van der Waals surface area contributed by atoms with E-state index in [0.29, 0.717) is 22.6 Å². The molecule has 0 radical (unpaired) electrons. The van der Waals surface area contributed by atoms with Crippen LogP contribution in [0.2, 0.25) is 0 Å². The summed E-state index contributed by atoms with van der Waals surface area (Å²) in [7, 11) is -5.06. The van der Waals surface area contributed by atoms with Crippen molar-refractivity contribution in [3.63, 3.8) is 0 Å². The Balaban J connectivity index is 2.44. The first-order valence-corrected chi connectivity index (χ1v) is 8.85. The van der Waals surface area contributed by atoms with Crippen LogP contribution in [-0.4, -0.2) is 39.5 Å². The summed E-state index contributed by atoms with van der Waals surface area (Å²) in [6.07, 6.45) is 0. The van der Waals surface area contributed by atoms with Gasteiger partial charge in [0.1, 0.15) is 0 Å². The molecule has 124 valence electrons. The van der Waals surface area contributed by atoms with Crippen LogP contribution in [0, 0.1) is 20.8 Å². The second-order valence-corrected chi connectivity index (χ2v) is 6.93. The number of hydrogen-bond donors (Lipinski definition) is 2. The fourth-order valence-electron chi connectivity index (χ4n) is 2.79. The van der Waals surface area contributed by atoms with Crippen LogP contribution in [0.5, 0.6) is 5.75 Å². The molecule has 22 heavy (non-hydrogen) atoms. The lowest BCUT2D eigenvalue weighted by Gasteiger charge is -2.29. The molecule has 1 aromatic rings. The van der Waals surface area contributed by atoms with Gasteiger partial charge in [0.15, 0.2) is 5.75 Å². The van der Waals surface area contributed by atoms with Crippen LogP contribution in [-0.2, 0) is 17.0 Å². The zero-order valence-corrected chi connectivity index (χ0v) is 14.7. The summed E-state index contributed by atoms with van der Waals surface area (Å²) in [6, 6.07) is 0. The maximum absolute atomic E-state index is 13.0. The predicted octanol–water partition coefficient (Wildman–Crippen LogP) is 1.90. The Kier molecular flexibility index (Phi) is 5.37. The number of rotatable bonds is 4. The van der Waals surface area contributed by atoms with Gasteiger partial charge in [-0.25, -0.2) is 0 Å². The normalized spacial score (nSPS) is 16.8. The molecule has 0 unspecified atom stereocenters. The van der Waals surface area contributed by atoms with E-state index < -0.39 is 10.5 Å². The van der Waals surface area contributed by atoms with Gasteiger partial charge in [0.05, 0.1) is 0 Å². The monoisotopic (exact) mass is 348 g/mol. The van der Waals surface area contributed by atoms with Gasteiger partial charge >= 0.3 is 10.5 Å². The molecule has 1 saturated heterocycles. The predicted molar refractivity (Wildman–Crippen MR) is 86.7 cm³/mol. The number of nitrogens with one attached hydrogen (secondary N) is 1. The summed E-state index contributed by atoms with van der Waals surface area (Å²) in [5.41, 5.74) is 3.09. The van der Waals surface area contributed by atoms with Crippen molar-refractivity contribution in [1.82, 2.24) is 10.2 Å². The van der Waals surface area contributed by atoms with Crippen molar-refractivity contribution < 1.29 is 16.5 Å². The molecule has 1 fully saturated rings. The molecule has 2 rings (SSSR count). The summed E-state index contributed by atoms with van der Waals surface area (Å²) in [6.45, 7) is 9.69. The van der Waals surface area contributed by atoms with Crippen molar-refractivity contribution in [2.45, 2.75) is 32.2 Å². The lowest BCUT2D eigenvalue weighted by Crippen LogP contribution is -2.43. The Labute approximate surface area is 136 Å². The number of halogens is 1. The Bertz CT molecular complexity index is 671. The molecule has 1 aliphatic heterocycles. The van der Waals surface area contributed by atoms with E-state index in [-0.39, 0.29) is 5.75 Å². The number of thiol groups is 1. The minimum absolute atomic E-state index is 0.0447. The molecule has 1 heterocycles. The maximum atomic E-state index is 13.0. The van der Waals surface area contributed by atoms with Gasteiger partial charge in [0, 0.05) is 43.2 Å². The first-order chi connectivity index (χ1) is 10.2. The highest BCUT2D eigenvalue weighted by molar-refractivity contribution is 7.81. The van der Waals surface area contributed by atoms with Gasteiger partial charge in [-0.1, -0.05) is 3.89 Å². The van der Waals surface area contributed by atoms with E-state index in [1.54, 1.807) is 13.8 Å². The van der Waals surface area contributed by atoms with Gasteiger partial charge in [0.2, 0.25) is 0 Å². The lowest BCUT2D eigenvalue weighted by molar-refractivity contribution is 0.232. The highest BCUT2D eigenvalue weighted by atomic mass is 32.3. The molecule has 0 atom stereocenters. The quantitative estimate of drug-likeness (QED) is 0.643. The molecule has 1 aromatic carbocycles. The molecule has 0 aliphatic carbocycles. The summed E-state index contributed by atoms with van der Waals surface area (Å²) in [5.74, 6) is 0.0447. The third-order valence-electron chi connectivity index (χ3n) is 4.07. The Morgan fingerprint density at radius 2 is 1.77 bits per heavy atom. The highest BCUT2D eigenvalue weighted by Crippen LogP contribution is 2.36. The standard InChI is InChI=1S/C14H21FN2O3S2/c1-9-12(8-17-6-4-16-5-7-17)10(2)14(21)11(3)13(9)20-22(15,18)19/h16,21H,4-8H2,1-3H3. The van der Waals surface area contributed by atoms with Crippen molar-refractivity contribution >= 4 is 23.1 Å². The molecular weight excluding hydrogens is 327 g/mol. The topological polar surface area (TPSA) is 58.6 Å². The minimum Gasteiger partial charge on any atom is -0.358 e.